The van der Waals surface area contributed by atoms with Crippen LogP contribution in [0.4, 0.5) is 10.5 Å². The van der Waals surface area contributed by atoms with Crippen LogP contribution in [-0.2, 0) is 22.4 Å². The van der Waals surface area contributed by atoms with Gasteiger partial charge < -0.3 is 29.7 Å². The van der Waals surface area contributed by atoms with Crippen molar-refractivity contribution in [3.05, 3.63) is 53.9 Å². The van der Waals surface area contributed by atoms with Crippen molar-refractivity contribution in [1.82, 2.24) is 9.88 Å². The molecular weight excluding hydrogens is 422 g/mol. The molecule has 1 aromatic heterocycles. The number of piperidine rings is 1. The van der Waals surface area contributed by atoms with Crippen LogP contribution in [-0.4, -0.2) is 60.4 Å². The minimum atomic E-state index is -0.767. The molecule has 1 aromatic carbocycles. The van der Waals surface area contributed by atoms with Gasteiger partial charge in [0.2, 0.25) is 0 Å². The van der Waals surface area contributed by atoms with Crippen molar-refractivity contribution in [2.24, 2.45) is 5.73 Å². The molecule has 176 valence electrons. The van der Waals surface area contributed by atoms with Crippen LogP contribution in [0.1, 0.15) is 30.9 Å². The molecule has 2 aromatic rings. The number of hydrogen-bond donors (Lipinski definition) is 2. The van der Waals surface area contributed by atoms with E-state index < -0.39 is 11.8 Å². The zero-order valence-electron chi connectivity index (χ0n) is 19.0. The quantitative estimate of drug-likeness (QED) is 0.390. The number of pyridine rings is 1. The van der Waals surface area contributed by atoms with Crippen molar-refractivity contribution in [1.29, 1.82) is 5.41 Å². The van der Waals surface area contributed by atoms with Crippen LogP contribution in [0.25, 0.3) is 0 Å². The van der Waals surface area contributed by atoms with Gasteiger partial charge in [0, 0.05) is 57.1 Å². The monoisotopic (exact) mass is 453 g/mol. The molecule has 0 unspecified atom stereocenters. The molecule has 1 saturated heterocycles. The number of nitrogens with one attached hydrogen (secondary N) is 1. The number of rotatable bonds is 6. The number of nitrogens with zero attached hydrogens (tertiary/aromatic N) is 3. The van der Waals surface area contributed by atoms with E-state index in [0.29, 0.717) is 25.1 Å². The molecule has 0 saturated carbocycles. The summed E-state index contributed by atoms with van der Waals surface area (Å²) in [5.74, 6) is 0.789. The van der Waals surface area contributed by atoms with Gasteiger partial charge in [0.25, 0.3) is 0 Å². The maximum absolute atomic E-state index is 12.2. The first-order valence-corrected chi connectivity index (χ1v) is 11.3. The summed E-state index contributed by atoms with van der Waals surface area (Å²) in [5, 5.41) is 7.71. The van der Waals surface area contributed by atoms with E-state index >= 15 is 0 Å². The zero-order chi connectivity index (χ0) is 23.3. The van der Waals surface area contributed by atoms with Gasteiger partial charge in [-0.2, -0.15) is 0 Å². The normalized spacial score (nSPS) is 17.1. The van der Waals surface area contributed by atoms with E-state index in [1.807, 2.05) is 29.2 Å². The lowest BCUT2D eigenvalue weighted by Crippen LogP contribution is -2.50. The van der Waals surface area contributed by atoms with Gasteiger partial charge in [-0.05, 0) is 48.7 Å². The standard InChI is InChI=1S/C24H31N5O4/c1-2-31-23(30)33-24(8-13-28(14-9-24)20-5-10-27-11-6-20)17-32-21-4-3-18-7-12-29(22(25)26)16-19(18)15-21/h3-6,10-11,15H,2,7-9,12-14,16-17H2,1H3,(H3,25,26). The number of hydrogen-bond acceptors (Lipinski definition) is 7. The number of benzene rings is 1. The lowest BCUT2D eigenvalue weighted by molar-refractivity contribution is -0.0692. The highest BCUT2D eigenvalue weighted by atomic mass is 16.7. The van der Waals surface area contributed by atoms with Gasteiger partial charge in [-0.15, -0.1) is 0 Å². The fraction of sp³-hybridized carbons (Fsp3) is 0.458. The van der Waals surface area contributed by atoms with Crippen LogP contribution in [0.2, 0.25) is 0 Å². The van der Waals surface area contributed by atoms with Crippen LogP contribution in [0.15, 0.2) is 42.7 Å². The summed E-state index contributed by atoms with van der Waals surface area (Å²) in [6, 6.07) is 9.97. The first-order valence-electron chi connectivity index (χ1n) is 11.3. The molecule has 9 heteroatoms. The number of anilines is 1. The van der Waals surface area contributed by atoms with E-state index in [-0.39, 0.29) is 19.2 Å². The summed E-state index contributed by atoms with van der Waals surface area (Å²) in [6.07, 6.45) is 4.97. The third kappa shape index (κ3) is 5.47. The Labute approximate surface area is 193 Å². The summed E-state index contributed by atoms with van der Waals surface area (Å²) in [7, 11) is 0. The maximum Gasteiger partial charge on any atom is 0.508 e. The first kappa shape index (κ1) is 22.7. The van der Waals surface area contributed by atoms with Crippen LogP contribution in [0, 0.1) is 5.41 Å². The largest absolute Gasteiger partial charge is 0.508 e. The molecule has 0 spiro atoms. The van der Waals surface area contributed by atoms with Gasteiger partial charge >= 0.3 is 6.16 Å². The Bertz CT molecular complexity index is 976. The number of aromatic nitrogens is 1. The molecule has 33 heavy (non-hydrogen) atoms. The third-order valence-corrected chi connectivity index (χ3v) is 6.30. The van der Waals surface area contributed by atoms with Crippen LogP contribution in [0.3, 0.4) is 0 Å². The van der Waals surface area contributed by atoms with E-state index in [1.165, 1.54) is 5.56 Å². The molecule has 0 amide bonds. The second kappa shape index (κ2) is 9.97. The van der Waals surface area contributed by atoms with E-state index in [2.05, 4.69) is 16.0 Å². The predicted octanol–water partition coefficient (Wildman–Crippen LogP) is 2.92. The highest BCUT2D eigenvalue weighted by molar-refractivity contribution is 5.75. The van der Waals surface area contributed by atoms with Crippen LogP contribution < -0.4 is 15.4 Å². The fourth-order valence-corrected chi connectivity index (χ4v) is 4.37. The topological polar surface area (TPSA) is 114 Å². The molecule has 1 fully saturated rings. The molecular formula is C24H31N5O4. The smallest absolute Gasteiger partial charge is 0.489 e. The van der Waals surface area contributed by atoms with Gasteiger partial charge in [0.05, 0.1) is 6.61 Å². The number of guanidine groups is 1. The first-order chi connectivity index (χ1) is 16.0. The zero-order valence-corrected chi connectivity index (χ0v) is 19.0. The summed E-state index contributed by atoms with van der Waals surface area (Å²) in [6.45, 7) is 5.05. The molecule has 0 radical (unpaired) electrons. The molecule has 4 rings (SSSR count). The summed E-state index contributed by atoms with van der Waals surface area (Å²) < 4.78 is 17.0. The number of fused-ring (bicyclic) bond motifs is 1. The van der Waals surface area contributed by atoms with Crippen molar-refractivity contribution in [2.75, 3.05) is 37.7 Å². The molecule has 2 aliphatic rings. The summed E-state index contributed by atoms with van der Waals surface area (Å²) in [5.41, 5.74) is 8.34. The molecule has 9 nitrogen and oxygen atoms in total. The van der Waals surface area contributed by atoms with Crippen molar-refractivity contribution in [2.45, 2.75) is 38.3 Å². The lowest BCUT2D eigenvalue weighted by Gasteiger charge is -2.41. The van der Waals surface area contributed by atoms with Crippen molar-refractivity contribution in [3.8, 4) is 5.75 Å². The molecule has 0 atom stereocenters. The maximum atomic E-state index is 12.2. The second-order valence-electron chi connectivity index (χ2n) is 8.44. The molecule has 3 heterocycles. The Kier molecular flexibility index (Phi) is 6.86. The summed E-state index contributed by atoms with van der Waals surface area (Å²) >= 11 is 0. The average molecular weight is 454 g/mol. The van der Waals surface area contributed by atoms with E-state index in [0.717, 1.165) is 37.3 Å². The fourth-order valence-electron chi connectivity index (χ4n) is 4.37. The molecule has 3 N–H and O–H groups in total. The average Bonchev–Trinajstić information content (AvgIpc) is 2.83. The highest BCUT2D eigenvalue weighted by Crippen LogP contribution is 2.32. The van der Waals surface area contributed by atoms with E-state index in [4.69, 9.17) is 25.4 Å². The SMILES string of the molecule is CCOC(=O)OC1(COc2ccc3c(c2)CN(C(=N)N)CC3)CCN(c2ccncc2)CC1. The van der Waals surface area contributed by atoms with Gasteiger partial charge in [-0.25, -0.2) is 4.79 Å². The minimum Gasteiger partial charge on any atom is -0.489 e. The van der Waals surface area contributed by atoms with E-state index in [9.17, 15) is 4.79 Å². The Hall–Kier alpha value is -3.49. The van der Waals surface area contributed by atoms with Crippen molar-refractivity contribution in [3.63, 3.8) is 0 Å². The van der Waals surface area contributed by atoms with Gasteiger partial charge in [-0.3, -0.25) is 10.4 Å². The highest BCUT2D eigenvalue weighted by Gasteiger charge is 2.40. The Morgan fingerprint density at radius 1 is 1.15 bits per heavy atom. The van der Waals surface area contributed by atoms with Crippen molar-refractivity contribution < 1.29 is 19.0 Å². The van der Waals surface area contributed by atoms with Crippen molar-refractivity contribution >= 4 is 17.8 Å². The van der Waals surface area contributed by atoms with Crippen LogP contribution >= 0.6 is 0 Å². The second-order valence-corrected chi connectivity index (χ2v) is 8.44. The summed E-state index contributed by atoms with van der Waals surface area (Å²) in [4.78, 5) is 20.4. The third-order valence-electron chi connectivity index (χ3n) is 6.30. The Morgan fingerprint density at radius 2 is 1.91 bits per heavy atom. The predicted molar refractivity (Wildman–Crippen MR) is 124 cm³/mol. The molecule has 0 bridgehead atoms. The number of carbonyl (C=O) groups excluding carboxylic acids is 1. The minimum absolute atomic E-state index is 0.0784. The number of nitrogens with two attached hydrogens (primary N) is 1. The molecule has 0 aliphatic carbocycles. The van der Waals surface area contributed by atoms with Gasteiger partial charge in [0.15, 0.2) is 11.6 Å². The Balaban J connectivity index is 1.45. The van der Waals surface area contributed by atoms with Gasteiger partial charge in [0.1, 0.15) is 12.4 Å². The lowest BCUT2D eigenvalue weighted by atomic mass is 9.91. The van der Waals surface area contributed by atoms with E-state index in [1.54, 1.807) is 19.3 Å². The van der Waals surface area contributed by atoms with Crippen LogP contribution in [0.5, 0.6) is 5.75 Å². The Morgan fingerprint density at radius 3 is 2.61 bits per heavy atom. The molecule has 2 aliphatic heterocycles. The number of ether oxygens (including phenoxy) is 3. The van der Waals surface area contributed by atoms with Gasteiger partial charge in [-0.1, -0.05) is 6.07 Å². The number of carbonyl (C=O) groups is 1.